The third-order valence-corrected chi connectivity index (χ3v) is 1.95. The Morgan fingerprint density at radius 1 is 1.22 bits per heavy atom. The second-order valence-corrected chi connectivity index (χ2v) is 3.57. The van der Waals surface area contributed by atoms with E-state index in [1.54, 1.807) is 6.92 Å². The van der Waals surface area contributed by atoms with Crippen LogP contribution in [-0.4, -0.2) is 27.3 Å². The van der Waals surface area contributed by atoms with Crippen molar-refractivity contribution in [2.75, 3.05) is 0 Å². The molecule has 98 valence electrons. The molecule has 1 aromatic rings. The van der Waals surface area contributed by atoms with E-state index in [4.69, 9.17) is 15.3 Å². The van der Waals surface area contributed by atoms with Gasteiger partial charge < -0.3 is 15.3 Å². The van der Waals surface area contributed by atoms with Gasteiger partial charge in [0.25, 0.3) is 0 Å². The molecule has 0 bridgehead atoms. The summed E-state index contributed by atoms with van der Waals surface area (Å²) >= 11 is 0. The molecule has 0 aliphatic heterocycles. The molecule has 1 aromatic carbocycles. The van der Waals surface area contributed by atoms with E-state index < -0.39 is 18.4 Å². The van der Waals surface area contributed by atoms with E-state index in [-0.39, 0.29) is 11.7 Å². The van der Waals surface area contributed by atoms with Crippen LogP contribution in [0.3, 0.4) is 0 Å². The fraction of sp³-hybridized carbons (Fsp3) is 0.231. The third-order valence-electron chi connectivity index (χ3n) is 1.95. The van der Waals surface area contributed by atoms with E-state index in [0.717, 1.165) is 5.56 Å². The van der Waals surface area contributed by atoms with E-state index in [2.05, 4.69) is 6.58 Å². The summed E-state index contributed by atoms with van der Waals surface area (Å²) in [5, 5.41) is 25.1. The van der Waals surface area contributed by atoms with Crippen molar-refractivity contribution >= 4 is 11.9 Å². The fourth-order valence-corrected chi connectivity index (χ4v) is 0.990. The molecule has 1 rings (SSSR count). The van der Waals surface area contributed by atoms with Crippen LogP contribution in [0.15, 0.2) is 42.5 Å². The molecule has 0 fully saturated rings. The standard InChI is InChI=1S/C8H10O.C5H6O4/c1-7(9)8-5-3-2-4-6-8;1-3(5(8)9)2-4(6)7/h2-7,9H,1H3;1-2H2,(H,6,7)(H,8,9). The first-order valence-corrected chi connectivity index (χ1v) is 5.20. The van der Waals surface area contributed by atoms with Gasteiger partial charge in [0.1, 0.15) is 0 Å². The number of aliphatic carboxylic acids is 2. The largest absolute Gasteiger partial charge is 0.481 e. The van der Waals surface area contributed by atoms with Crippen LogP contribution in [0, 0.1) is 0 Å². The minimum Gasteiger partial charge on any atom is -0.481 e. The average molecular weight is 252 g/mol. The number of hydrogen-bond donors (Lipinski definition) is 3. The Kier molecular flexibility index (Phi) is 7.07. The minimum atomic E-state index is -1.27. The number of hydrogen-bond acceptors (Lipinski definition) is 3. The molecule has 5 nitrogen and oxygen atoms in total. The monoisotopic (exact) mass is 252 g/mol. The van der Waals surface area contributed by atoms with Gasteiger partial charge in [0.05, 0.1) is 12.5 Å². The predicted octanol–water partition coefficient (Wildman–Crippen LogP) is 1.84. The predicted molar refractivity (Wildman–Crippen MR) is 66.1 cm³/mol. The Morgan fingerprint density at radius 2 is 1.72 bits per heavy atom. The number of aliphatic hydroxyl groups excluding tert-OH is 1. The van der Waals surface area contributed by atoms with E-state index in [1.165, 1.54) is 0 Å². The summed E-state index contributed by atoms with van der Waals surface area (Å²) in [7, 11) is 0. The van der Waals surface area contributed by atoms with Gasteiger partial charge in [-0.1, -0.05) is 36.9 Å². The maximum absolute atomic E-state index is 9.87. The maximum Gasteiger partial charge on any atom is 0.331 e. The van der Waals surface area contributed by atoms with Gasteiger partial charge in [-0.15, -0.1) is 0 Å². The van der Waals surface area contributed by atoms with Crippen molar-refractivity contribution in [3.8, 4) is 0 Å². The van der Waals surface area contributed by atoms with Crippen LogP contribution in [0.5, 0.6) is 0 Å². The van der Waals surface area contributed by atoms with Crippen LogP contribution < -0.4 is 0 Å². The van der Waals surface area contributed by atoms with Gasteiger partial charge in [0.15, 0.2) is 0 Å². The Labute approximate surface area is 105 Å². The molecule has 0 spiro atoms. The van der Waals surface area contributed by atoms with Crippen molar-refractivity contribution < 1.29 is 24.9 Å². The van der Waals surface area contributed by atoms with Crippen molar-refractivity contribution in [3.63, 3.8) is 0 Å². The third kappa shape index (κ3) is 7.19. The second kappa shape index (κ2) is 8.03. The Morgan fingerprint density at radius 3 is 1.94 bits per heavy atom. The van der Waals surface area contributed by atoms with E-state index in [9.17, 15) is 9.59 Å². The first-order valence-electron chi connectivity index (χ1n) is 5.20. The number of carboxylic acids is 2. The van der Waals surface area contributed by atoms with Crippen LogP contribution in [0.2, 0.25) is 0 Å². The van der Waals surface area contributed by atoms with Crippen molar-refractivity contribution in [1.29, 1.82) is 0 Å². The fourth-order valence-electron chi connectivity index (χ4n) is 0.990. The molecule has 0 radical (unpaired) electrons. The summed E-state index contributed by atoms with van der Waals surface area (Å²) < 4.78 is 0. The van der Waals surface area contributed by atoms with Gasteiger partial charge >= 0.3 is 11.9 Å². The van der Waals surface area contributed by atoms with Gasteiger partial charge in [-0.2, -0.15) is 0 Å². The molecule has 3 N–H and O–H groups in total. The van der Waals surface area contributed by atoms with Crippen molar-refractivity contribution in [3.05, 3.63) is 48.0 Å². The summed E-state index contributed by atoms with van der Waals surface area (Å²) in [4.78, 5) is 19.7. The zero-order valence-corrected chi connectivity index (χ0v) is 10.0. The lowest BCUT2D eigenvalue weighted by molar-refractivity contribution is -0.139. The molecule has 0 aliphatic rings. The van der Waals surface area contributed by atoms with Crippen molar-refractivity contribution in [2.24, 2.45) is 0 Å². The van der Waals surface area contributed by atoms with E-state index in [0.29, 0.717) is 0 Å². The van der Waals surface area contributed by atoms with Gasteiger partial charge in [0.2, 0.25) is 0 Å². The Balaban J connectivity index is 0.000000321. The molecule has 1 unspecified atom stereocenters. The van der Waals surface area contributed by atoms with Crippen LogP contribution in [-0.2, 0) is 9.59 Å². The highest BCUT2D eigenvalue weighted by atomic mass is 16.4. The summed E-state index contributed by atoms with van der Waals surface area (Å²) in [5.41, 5.74) is 0.667. The van der Waals surface area contributed by atoms with Gasteiger partial charge in [0, 0.05) is 5.57 Å². The topological polar surface area (TPSA) is 94.8 Å². The highest BCUT2D eigenvalue weighted by Crippen LogP contribution is 2.09. The zero-order chi connectivity index (χ0) is 14.1. The first-order chi connectivity index (χ1) is 8.34. The maximum atomic E-state index is 9.87. The summed E-state index contributed by atoms with van der Waals surface area (Å²) in [6.07, 6.45) is -0.846. The summed E-state index contributed by atoms with van der Waals surface area (Å²) in [5.74, 6) is -2.44. The first kappa shape index (κ1) is 15.9. The molecule has 18 heavy (non-hydrogen) atoms. The van der Waals surface area contributed by atoms with Gasteiger partial charge in [-0.3, -0.25) is 4.79 Å². The van der Waals surface area contributed by atoms with Crippen LogP contribution >= 0.6 is 0 Å². The number of aliphatic hydroxyl groups is 1. The number of carbonyl (C=O) groups is 2. The van der Waals surface area contributed by atoms with E-state index >= 15 is 0 Å². The quantitative estimate of drug-likeness (QED) is 0.711. The minimum absolute atomic E-state index is 0.303. The second-order valence-electron chi connectivity index (χ2n) is 3.57. The lowest BCUT2D eigenvalue weighted by atomic mass is 10.1. The molecular formula is C13H16O5. The highest BCUT2D eigenvalue weighted by Gasteiger charge is 2.07. The molecular weight excluding hydrogens is 236 g/mol. The number of carboxylic acid groups (broad SMARTS) is 2. The van der Waals surface area contributed by atoms with E-state index in [1.807, 2.05) is 30.3 Å². The lowest BCUT2D eigenvalue weighted by Crippen LogP contribution is -2.04. The van der Waals surface area contributed by atoms with Crippen LogP contribution in [0.1, 0.15) is 25.0 Å². The van der Waals surface area contributed by atoms with Crippen molar-refractivity contribution in [1.82, 2.24) is 0 Å². The molecule has 0 saturated heterocycles. The molecule has 0 aromatic heterocycles. The van der Waals surface area contributed by atoms with Gasteiger partial charge in [-0.25, -0.2) is 4.79 Å². The average Bonchev–Trinajstić information content (AvgIpc) is 2.30. The Bertz CT molecular complexity index is 409. The molecule has 0 heterocycles. The Hall–Kier alpha value is -2.14. The van der Waals surface area contributed by atoms with Crippen molar-refractivity contribution in [2.45, 2.75) is 19.4 Å². The molecule has 0 aliphatic carbocycles. The SMILES string of the molecule is C=C(CC(=O)O)C(=O)O.CC(O)c1ccccc1. The zero-order valence-electron chi connectivity index (χ0n) is 10.0. The summed E-state index contributed by atoms with van der Waals surface area (Å²) in [6, 6.07) is 9.59. The van der Waals surface area contributed by atoms with Crippen LogP contribution in [0.4, 0.5) is 0 Å². The normalized spacial score (nSPS) is 10.8. The highest BCUT2D eigenvalue weighted by molar-refractivity contribution is 5.91. The molecule has 5 heteroatoms. The summed E-state index contributed by atoms with van der Waals surface area (Å²) in [6.45, 7) is 4.77. The van der Waals surface area contributed by atoms with Crippen LogP contribution in [0.25, 0.3) is 0 Å². The number of rotatable bonds is 4. The smallest absolute Gasteiger partial charge is 0.331 e. The molecule has 0 amide bonds. The molecule has 0 saturated carbocycles. The lowest BCUT2D eigenvalue weighted by Gasteiger charge is -2.00. The van der Waals surface area contributed by atoms with Gasteiger partial charge in [-0.05, 0) is 12.5 Å². The number of benzene rings is 1. The molecule has 1 atom stereocenters.